The first-order chi connectivity index (χ1) is 10.3. The summed E-state index contributed by atoms with van der Waals surface area (Å²) in [6, 6.07) is 5.21. The smallest absolute Gasteiger partial charge is 0.406 e. The molecule has 122 valence electrons. The van der Waals surface area contributed by atoms with Gasteiger partial charge in [-0.25, -0.2) is 0 Å². The zero-order valence-electron chi connectivity index (χ0n) is 12.2. The van der Waals surface area contributed by atoms with Gasteiger partial charge >= 0.3 is 6.36 Å². The molecule has 22 heavy (non-hydrogen) atoms. The Labute approximate surface area is 126 Å². The Balaban J connectivity index is 1.91. The fraction of sp³-hybridized carbons (Fsp3) is 0.533. The summed E-state index contributed by atoms with van der Waals surface area (Å²) in [6.45, 7) is 2.95. The lowest BCUT2D eigenvalue weighted by Crippen LogP contribution is -2.35. The summed E-state index contributed by atoms with van der Waals surface area (Å²) < 4.78 is 45.3. The van der Waals surface area contributed by atoms with E-state index in [0.29, 0.717) is 26.1 Å². The van der Waals surface area contributed by atoms with Gasteiger partial charge in [0.2, 0.25) is 5.91 Å². The molecule has 0 aliphatic carbocycles. The van der Waals surface area contributed by atoms with Crippen LogP contribution in [0.25, 0.3) is 0 Å². The predicted molar refractivity (Wildman–Crippen MR) is 73.2 cm³/mol. The predicted octanol–water partition coefficient (Wildman–Crippen LogP) is 3.19. The topological polar surface area (TPSA) is 47.6 Å². The van der Waals surface area contributed by atoms with E-state index in [1.54, 1.807) is 6.92 Å². The number of benzene rings is 1. The third-order valence-electron chi connectivity index (χ3n) is 3.56. The van der Waals surface area contributed by atoms with Gasteiger partial charge in [0.15, 0.2) is 0 Å². The van der Waals surface area contributed by atoms with E-state index in [-0.39, 0.29) is 23.6 Å². The Kier molecular flexibility index (Phi) is 5.28. The van der Waals surface area contributed by atoms with Crippen LogP contribution in [0.3, 0.4) is 0 Å². The van der Waals surface area contributed by atoms with Gasteiger partial charge in [0.05, 0.1) is 6.04 Å². The second kappa shape index (κ2) is 7.00. The average molecular weight is 317 g/mol. The average Bonchev–Trinajstić information content (AvgIpc) is 2.47. The Hall–Kier alpha value is -1.76. The van der Waals surface area contributed by atoms with Crippen molar-refractivity contribution in [2.75, 3.05) is 13.2 Å². The van der Waals surface area contributed by atoms with Gasteiger partial charge in [-0.2, -0.15) is 0 Å². The molecule has 1 aliphatic heterocycles. The molecule has 1 aromatic carbocycles. The molecule has 1 aliphatic rings. The van der Waals surface area contributed by atoms with Crippen LogP contribution < -0.4 is 10.1 Å². The van der Waals surface area contributed by atoms with E-state index in [9.17, 15) is 18.0 Å². The maximum absolute atomic E-state index is 12.1. The number of carbonyl (C=O) groups excluding carboxylic acids is 1. The highest BCUT2D eigenvalue weighted by Crippen LogP contribution is 2.24. The van der Waals surface area contributed by atoms with Crippen LogP contribution >= 0.6 is 0 Å². The summed E-state index contributed by atoms with van der Waals surface area (Å²) in [5.74, 6) is -0.394. The van der Waals surface area contributed by atoms with Crippen LogP contribution in [0.2, 0.25) is 0 Å². The van der Waals surface area contributed by atoms with Crippen molar-refractivity contribution in [1.82, 2.24) is 5.32 Å². The van der Waals surface area contributed by atoms with Crippen LogP contribution in [0.4, 0.5) is 13.2 Å². The standard InChI is InChI=1S/C15H18F3NO3/c1-10(19-14(20)12-6-8-21-9-7-12)11-2-4-13(5-3-11)22-15(16,17)18/h2-5,10,12H,6-9H2,1H3,(H,19,20)/t10-/m0/s1. The highest BCUT2D eigenvalue weighted by molar-refractivity contribution is 5.79. The molecule has 0 saturated carbocycles. The van der Waals surface area contributed by atoms with Crippen LogP contribution in [0.1, 0.15) is 31.4 Å². The van der Waals surface area contributed by atoms with Gasteiger partial charge in [0, 0.05) is 19.1 Å². The Bertz CT molecular complexity index is 496. The SMILES string of the molecule is C[C@H](NC(=O)C1CCOCC1)c1ccc(OC(F)(F)F)cc1. The monoisotopic (exact) mass is 317 g/mol. The second-order valence-corrected chi connectivity index (χ2v) is 5.23. The summed E-state index contributed by atoms with van der Waals surface area (Å²) in [5, 5.41) is 2.88. The van der Waals surface area contributed by atoms with E-state index in [0.717, 1.165) is 5.56 Å². The molecule has 1 atom stereocenters. The van der Waals surface area contributed by atoms with E-state index in [1.165, 1.54) is 24.3 Å². The molecular formula is C15H18F3NO3. The Morgan fingerprint density at radius 1 is 1.27 bits per heavy atom. The first-order valence-electron chi connectivity index (χ1n) is 7.09. The van der Waals surface area contributed by atoms with Gasteiger partial charge in [-0.15, -0.1) is 13.2 Å². The first-order valence-corrected chi connectivity index (χ1v) is 7.09. The molecule has 7 heteroatoms. The van der Waals surface area contributed by atoms with Crippen molar-refractivity contribution < 1.29 is 27.4 Å². The zero-order chi connectivity index (χ0) is 16.2. The summed E-state index contributed by atoms with van der Waals surface area (Å²) >= 11 is 0. The van der Waals surface area contributed by atoms with Crippen LogP contribution in [0, 0.1) is 5.92 Å². The van der Waals surface area contributed by atoms with Crippen molar-refractivity contribution in [3.63, 3.8) is 0 Å². The number of hydrogen-bond acceptors (Lipinski definition) is 3. The molecule has 1 N–H and O–H groups in total. The van der Waals surface area contributed by atoms with Gasteiger partial charge in [0.1, 0.15) is 5.75 Å². The number of nitrogens with one attached hydrogen (secondary N) is 1. The van der Waals surface area contributed by atoms with E-state index < -0.39 is 6.36 Å². The third-order valence-corrected chi connectivity index (χ3v) is 3.56. The van der Waals surface area contributed by atoms with E-state index in [2.05, 4.69) is 10.1 Å². The molecule has 0 aromatic heterocycles. The van der Waals surface area contributed by atoms with Crippen molar-refractivity contribution in [3.05, 3.63) is 29.8 Å². The molecule has 0 bridgehead atoms. The Morgan fingerprint density at radius 2 is 1.86 bits per heavy atom. The molecule has 1 fully saturated rings. The molecule has 1 amide bonds. The number of amides is 1. The fourth-order valence-electron chi connectivity index (χ4n) is 2.33. The minimum Gasteiger partial charge on any atom is -0.406 e. The lowest BCUT2D eigenvalue weighted by atomic mass is 9.98. The molecule has 0 radical (unpaired) electrons. The van der Waals surface area contributed by atoms with E-state index in [4.69, 9.17) is 4.74 Å². The number of hydrogen-bond donors (Lipinski definition) is 1. The van der Waals surface area contributed by atoms with Crippen LogP contribution in [-0.4, -0.2) is 25.5 Å². The third kappa shape index (κ3) is 4.91. The van der Waals surface area contributed by atoms with Crippen LogP contribution in [0.15, 0.2) is 24.3 Å². The number of carbonyl (C=O) groups is 1. The van der Waals surface area contributed by atoms with Gasteiger partial charge < -0.3 is 14.8 Å². The number of rotatable bonds is 4. The molecule has 1 saturated heterocycles. The highest BCUT2D eigenvalue weighted by atomic mass is 19.4. The zero-order valence-corrected chi connectivity index (χ0v) is 12.2. The number of alkyl halides is 3. The lowest BCUT2D eigenvalue weighted by molar-refractivity contribution is -0.274. The Morgan fingerprint density at radius 3 is 2.41 bits per heavy atom. The summed E-state index contributed by atoms with van der Waals surface area (Å²) in [6.07, 6.45) is -3.32. The van der Waals surface area contributed by atoms with Crippen molar-refractivity contribution in [2.24, 2.45) is 5.92 Å². The molecule has 2 rings (SSSR count). The van der Waals surface area contributed by atoms with E-state index >= 15 is 0 Å². The summed E-state index contributed by atoms with van der Waals surface area (Å²) in [7, 11) is 0. The van der Waals surface area contributed by atoms with Gasteiger partial charge in [-0.3, -0.25) is 4.79 Å². The normalized spacial score (nSPS) is 17.8. The lowest BCUT2D eigenvalue weighted by Gasteiger charge is -2.23. The number of halogens is 3. The summed E-state index contributed by atoms with van der Waals surface area (Å²) in [4.78, 5) is 12.1. The minimum atomic E-state index is -4.70. The largest absolute Gasteiger partial charge is 0.573 e. The molecule has 4 nitrogen and oxygen atoms in total. The van der Waals surface area contributed by atoms with E-state index in [1.807, 2.05) is 0 Å². The first kappa shape index (κ1) is 16.6. The van der Waals surface area contributed by atoms with Crippen LogP contribution in [-0.2, 0) is 9.53 Å². The van der Waals surface area contributed by atoms with Crippen molar-refractivity contribution >= 4 is 5.91 Å². The molecule has 1 heterocycles. The van der Waals surface area contributed by atoms with Crippen molar-refractivity contribution in [3.8, 4) is 5.75 Å². The molecule has 0 unspecified atom stereocenters. The quantitative estimate of drug-likeness (QED) is 0.928. The summed E-state index contributed by atoms with van der Waals surface area (Å²) in [5.41, 5.74) is 0.718. The maximum atomic E-state index is 12.1. The minimum absolute atomic E-state index is 0.0496. The maximum Gasteiger partial charge on any atom is 0.573 e. The van der Waals surface area contributed by atoms with Gasteiger partial charge in [-0.1, -0.05) is 12.1 Å². The highest BCUT2D eigenvalue weighted by Gasteiger charge is 2.31. The molecule has 1 aromatic rings. The van der Waals surface area contributed by atoms with Crippen molar-refractivity contribution in [1.29, 1.82) is 0 Å². The van der Waals surface area contributed by atoms with Crippen molar-refractivity contribution in [2.45, 2.75) is 32.2 Å². The van der Waals surface area contributed by atoms with Gasteiger partial charge in [0.25, 0.3) is 0 Å². The molecule has 0 spiro atoms. The fourth-order valence-corrected chi connectivity index (χ4v) is 2.33. The van der Waals surface area contributed by atoms with Gasteiger partial charge in [-0.05, 0) is 37.5 Å². The molecular weight excluding hydrogens is 299 g/mol. The second-order valence-electron chi connectivity index (χ2n) is 5.23. The number of ether oxygens (including phenoxy) is 2. The van der Waals surface area contributed by atoms with Crippen LogP contribution in [0.5, 0.6) is 5.75 Å².